The summed E-state index contributed by atoms with van der Waals surface area (Å²) in [4.78, 5) is 24.9. The molecule has 0 atom stereocenters. The van der Waals surface area contributed by atoms with Crippen LogP contribution in [0, 0.1) is 0 Å². The van der Waals surface area contributed by atoms with Gasteiger partial charge in [0.1, 0.15) is 11.5 Å². The van der Waals surface area contributed by atoms with E-state index < -0.39 is 21.9 Å². The molecule has 0 heterocycles. The molecular formula is C28H23N3O6S. The predicted octanol–water partition coefficient (Wildman–Crippen LogP) is 4.48. The van der Waals surface area contributed by atoms with Gasteiger partial charge in [-0.05, 0) is 78.4 Å². The van der Waals surface area contributed by atoms with Crippen LogP contribution in [0.4, 0.5) is 5.69 Å². The molecule has 192 valence electrons. The highest BCUT2D eigenvalue weighted by Crippen LogP contribution is 2.18. The quantitative estimate of drug-likeness (QED) is 0.143. The second-order valence-electron chi connectivity index (χ2n) is 7.89. The van der Waals surface area contributed by atoms with Gasteiger partial charge in [0.15, 0.2) is 0 Å². The van der Waals surface area contributed by atoms with E-state index in [2.05, 4.69) is 15.2 Å². The van der Waals surface area contributed by atoms with Gasteiger partial charge in [-0.1, -0.05) is 30.3 Å². The second-order valence-corrected chi connectivity index (χ2v) is 9.57. The molecule has 1 amide bonds. The molecule has 0 aromatic heterocycles. The molecule has 0 bridgehead atoms. The van der Waals surface area contributed by atoms with Crippen molar-refractivity contribution in [2.24, 2.45) is 5.10 Å². The van der Waals surface area contributed by atoms with Crippen LogP contribution in [0.1, 0.15) is 26.3 Å². The van der Waals surface area contributed by atoms with Crippen LogP contribution < -0.4 is 19.6 Å². The zero-order chi connectivity index (χ0) is 27.0. The van der Waals surface area contributed by atoms with Crippen LogP contribution in [-0.4, -0.2) is 33.6 Å². The predicted molar refractivity (Wildman–Crippen MR) is 143 cm³/mol. The zero-order valence-electron chi connectivity index (χ0n) is 20.2. The highest BCUT2D eigenvalue weighted by atomic mass is 32.2. The third kappa shape index (κ3) is 6.83. The highest BCUT2D eigenvalue weighted by molar-refractivity contribution is 7.92. The summed E-state index contributed by atoms with van der Waals surface area (Å²) in [6.45, 7) is 0. The number of methoxy groups -OCH3 is 1. The van der Waals surface area contributed by atoms with E-state index in [1.165, 1.54) is 42.6 Å². The Balaban J connectivity index is 1.33. The van der Waals surface area contributed by atoms with E-state index in [0.29, 0.717) is 28.3 Å². The molecule has 4 aromatic rings. The molecule has 0 spiro atoms. The summed E-state index contributed by atoms with van der Waals surface area (Å²) >= 11 is 0. The molecule has 0 saturated heterocycles. The minimum atomic E-state index is -3.73. The van der Waals surface area contributed by atoms with Gasteiger partial charge in [0.05, 0.1) is 23.8 Å². The van der Waals surface area contributed by atoms with E-state index in [1.807, 2.05) is 0 Å². The lowest BCUT2D eigenvalue weighted by molar-refractivity contribution is 0.0734. The monoisotopic (exact) mass is 529 g/mol. The number of ether oxygens (including phenoxy) is 2. The third-order valence-electron chi connectivity index (χ3n) is 5.23. The number of hydrogen-bond acceptors (Lipinski definition) is 7. The summed E-state index contributed by atoms with van der Waals surface area (Å²) < 4.78 is 37.8. The van der Waals surface area contributed by atoms with Crippen molar-refractivity contribution in [3.05, 3.63) is 120 Å². The van der Waals surface area contributed by atoms with E-state index >= 15 is 0 Å². The number of rotatable bonds is 9. The van der Waals surface area contributed by atoms with Gasteiger partial charge >= 0.3 is 5.97 Å². The molecular weight excluding hydrogens is 506 g/mol. The van der Waals surface area contributed by atoms with Crippen LogP contribution in [0.25, 0.3) is 0 Å². The van der Waals surface area contributed by atoms with Crippen molar-refractivity contribution in [1.29, 1.82) is 0 Å². The Morgan fingerprint density at radius 1 is 0.789 bits per heavy atom. The van der Waals surface area contributed by atoms with Gasteiger partial charge < -0.3 is 9.47 Å². The number of hydrogen-bond donors (Lipinski definition) is 2. The first-order valence-corrected chi connectivity index (χ1v) is 12.8. The van der Waals surface area contributed by atoms with E-state index in [0.717, 1.165) is 0 Å². The number of esters is 1. The Hall–Kier alpha value is -4.96. The number of carbonyl (C=O) groups is 2. The second kappa shape index (κ2) is 11.8. The number of nitrogens with zero attached hydrogens (tertiary/aromatic N) is 1. The van der Waals surface area contributed by atoms with Gasteiger partial charge in [0.25, 0.3) is 15.9 Å². The summed E-state index contributed by atoms with van der Waals surface area (Å²) in [7, 11) is -2.19. The molecule has 0 radical (unpaired) electrons. The molecule has 4 rings (SSSR count). The summed E-state index contributed by atoms with van der Waals surface area (Å²) in [5.74, 6) is -0.0644. The van der Waals surface area contributed by atoms with Crippen molar-refractivity contribution in [2.45, 2.75) is 4.90 Å². The smallest absolute Gasteiger partial charge is 0.343 e. The van der Waals surface area contributed by atoms with Crippen molar-refractivity contribution in [2.75, 3.05) is 11.8 Å². The van der Waals surface area contributed by atoms with Crippen molar-refractivity contribution in [3.8, 4) is 11.5 Å². The van der Waals surface area contributed by atoms with Gasteiger partial charge in [0.2, 0.25) is 0 Å². The number of nitrogens with one attached hydrogen (secondary N) is 2. The maximum Gasteiger partial charge on any atom is 0.343 e. The first-order valence-electron chi connectivity index (χ1n) is 11.3. The molecule has 0 aliphatic rings. The molecule has 0 aliphatic heterocycles. The first kappa shape index (κ1) is 26.1. The maximum atomic E-state index is 12.4. The fraction of sp³-hybridized carbons (Fsp3) is 0.0357. The van der Waals surface area contributed by atoms with E-state index in [1.54, 1.807) is 73.8 Å². The first-order chi connectivity index (χ1) is 18.3. The minimum Gasteiger partial charge on any atom is -0.497 e. The van der Waals surface area contributed by atoms with Gasteiger partial charge in [-0.2, -0.15) is 5.10 Å². The average Bonchev–Trinajstić information content (AvgIpc) is 2.94. The molecule has 2 N–H and O–H groups in total. The number of hydrazone groups is 1. The normalized spacial score (nSPS) is 11.1. The Kier molecular flexibility index (Phi) is 8.14. The fourth-order valence-electron chi connectivity index (χ4n) is 3.28. The Bertz CT molecular complexity index is 1550. The molecule has 0 saturated carbocycles. The van der Waals surface area contributed by atoms with Gasteiger partial charge in [-0.15, -0.1) is 0 Å². The van der Waals surface area contributed by atoms with Gasteiger partial charge in [0, 0.05) is 11.3 Å². The van der Waals surface area contributed by atoms with Crippen molar-refractivity contribution < 1.29 is 27.5 Å². The Morgan fingerprint density at radius 3 is 2.16 bits per heavy atom. The zero-order valence-corrected chi connectivity index (χ0v) is 21.0. The number of carbonyl (C=O) groups excluding carboxylic acids is 2. The maximum absolute atomic E-state index is 12.4. The third-order valence-corrected chi connectivity index (χ3v) is 6.62. The van der Waals surface area contributed by atoms with Crippen LogP contribution in [0.15, 0.2) is 113 Å². The molecule has 0 fully saturated rings. The summed E-state index contributed by atoms with van der Waals surface area (Å²) in [5.41, 5.74) is 3.97. The Labute approximate surface area is 219 Å². The molecule has 38 heavy (non-hydrogen) atoms. The summed E-state index contributed by atoms with van der Waals surface area (Å²) in [6, 6.07) is 27.1. The van der Waals surface area contributed by atoms with Crippen molar-refractivity contribution >= 4 is 33.8 Å². The van der Waals surface area contributed by atoms with Gasteiger partial charge in [-0.25, -0.2) is 18.6 Å². The number of sulfonamides is 1. The van der Waals surface area contributed by atoms with E-state index in [-0.39, 0.29) is 10.5 Å². The summed E-state index contributed by atoms with van der Waals surface area (Å²) in [6.07, 6.45) is 1.41. The lowest BCUT2D eigenvalue weighted by Gasteiger charge is -2.08. The summed E-state index contributed by atoms with van der Waals surface area (Å²) in [5, 5.41) is 3.95. The number of benzene rings is 4. The molecule has 0 aliphatic carbocycles. The lowest BCUT2D eigenvalue weighted by atomic mass is 10.2. The molecule has 10 heteroatoms. The van der Waals surface area contributed by atoms with Crippen molar-refractivity contribution in [1.82, 2.24) is 5.43 Å². The molecule has 9 nitrogen and oxygen atoms in total. The number of anilines is 1. The fourth-order valence-corrected chi connectivity index (χ4v) is 4.36. The van der Waals surface area contributed by atoms with Crippen LogP contribution in [0.3, 0.4) is 0 Å². The standard InChI is InChI=1S/C28H23N3O6S/c1-36-24-16-12-22(13-17-24)28(33)37-25-7-5-6-20(18-25)19-29-30-27(32)21-10-14-23(15-11-21)31-38(34,35)26-8-3-2-4-9-26/h2-19,31H,1H3,(H,30,32)/b29-19+. The van der Waals surface area contributed by atoms with Crippen molar-refractivity contribution in [3.63, 3.8) is 0 Å². The highest BCUT2D eigenvalue weighted by Gasteiger charge is 2.14. The molecule has 4 aromatic carbocycles. The molecule has 0 unspecified atom stereocenters. The van der Waals surface area contributed by atoms with E-state index in [9.17, 15) is 18.0 Å². The minimum absolute atomic E-state index is 0.135. The topological polar surface area (TPSA) is 123 Å². The van der Waals surface area contributed by atoms with Crippen LogP contribution in [-0.2, 0) is 10.0 Å². The SMILES string of the molecule is COc1ccc(C(=O)Oc2cccc(/C=N/NC(=O)c3ccc(NS(=O)(=O)c4ccccc4)cc3)c2)cc1. The largest absolute Gasteiger partial charge is 0.497 e. The Morgan fingerprint density at radius 2 is 1.47 bits per heavy atom. The average molecular weight is 530 g/mol. The van der Waals surface area contributed by atoms with Crippen LogP contribution in [0.5, 0.6) is 11.5 Å². The van der Waals surface area contributed by atoms with Gasteiger partial charge in [-0.3, -0.25) is 9.52 Å². The van der Waals surface area contributed by atoms with Crippen LogP contribution >= 0.6 is 0 Å². The lowest BCUT2D eigenvalue weighted by Crippen LogP contribution is -2.18. The van der Waals surface area contributed by atoms with E-state index in [4.69, 9.17) is 9.47 Å². The van der Waals surface area contributed by atoms with Crippen LogP contribution in [0.2, 0.25) is 0 Å². The number of amides is 1.